The topological polar surface area (TPSA) is 57.6 Å². The van der Waals surface area contributed by atoms with E-state index in [0.29, 0.717) is 5.06 Å². The van der Waals surface area contributed by atoms with Crippen molar-refractivity contribution >= 4 is 11.8 Å². The second-order valence-corrected chi connectivity index (χ2v) is 6.55. The average molecular weight is 311 g/mol. The van der Waals surface area contributed by atoms with Crippen LogP contribution in [0, 0.1) is 0 Å². The lowest BCUT2D eigenvalue weighted by molar-refractivity contribution is -0.179. The van der Waals surface area contributed by atoms with E-state index < -0.39 is 11.8 Å². The predicted molar refractivity (Wildman–Crippen MR) is 87.5 cm³/mol. The van der Waals surface area contributed by atoms with Crippen LogP contribution in [0.5, 0.6) is 0 Å². The van der Waals surface area contributed by atoms with Crippen molar-refractivity contribution in [3.8, 4) is 0 Å². The molecular weight excluding hydrogens is 278 g/mol. The minimum absolute atomic E-state index is 0.280. The first-order valence-corrected chi connectivity index (χ1v) is 9.26. The van der Waals surface area contributed by atoms with Gasteiger partial charge in [0.05, 0.1) is 0 Å². The molecule has 0 aliphatic carbocycles. The summed E-state index contributed by atoms with van der Waals surface area (Å²) in [6, 6.07) is 0. The summed E-state index contributed by atoms with van der Waals surface area (Å²) in [5.41, 5.74) is 0. The minimum atomic E-state index is -0.442. The fourth-order valence-electron chi connectivity index (χ4n) is 3.02. The molecule has 1 rings (SSSR count). The molecule has 1 fully saturated rings. The van der Waals surface area contributed by atoms with Gasteiger partial charge in [0.15, 0.2) is 0 Å². The van der Waals surface area contributed by atoms with Gasteiger partial charge < -0.3 is 0 Å². The van der Waals surface area contributed by atoms with Gasteiger partial charge in [-0.25, -0.2) is 0 Å². The van der Waals surface area contributed by atoms with Crippen LogP contribution >= 0.6 is 0 Å². The summed E-state index contributed by atoms with van der Waals surface area (Å²) in [4.78, 5) is 23.4. The maximum Gasteiger partial charge on any atom is 0.253 e. The lowest BCUT2D eigenvalue weighted by Crippen LogP contribution is -2.33. The zero-order chi connectivity index (χ0) is 16.0. The van der Waals surface area contributed by atoms with Gasteiger partial charge in [0.1, 0.15) is 0 Å². The summed E-state index contributed by atoms with van der Waals surface area (Å²) in [6.45, 7) is 0. The standard InChI is InChI=1S/C18H33NO3/c20-17-15-13-11-9-7-5-3-1-2-4-6-8-10-12-14-16-18(21)19(17)22/h22H,1-16H2. The van der Waals surface area contributed by atoms with E-state index in [4.69, 9.17) is 0 Å². The number of carbonyl (C=O) groups is 2. The maximum atomic E-state index is 11.7. The molecule has 1 aliphatic heterocycles. The molecule has 0 atom stereocenters. The second kappa shape index (κ2) is 12.6. The molecule has 0 spiro atoms. The Labute approximate surface area is 135 Å². The van der Waals surface area contributed by atoms with Crippen LogP contribution in [-0.4, -0.2) is 22.1 Å². The number of carbonyl (C=O) groups excluding carboxylic acids is 2. The Morgan fingerprint density at radius 3 is 1.00 bits per heavy atom. The molecule has 0 aromatic rings. The number of hydrogen-bond donors (Lipinski definition) is 1. The zero-order valence-corrected chi connectivity index (χ0v) is 14.0. The number of hydroxylamine groups is 2. The number of rotatable bonds is 0. The van der Waals surface area contributed by atoms with Gasteiger partial charge in [0.2, 0.25) is 0 Å². The van der Waals surface area contributed by atoms with Crippen molar-refractivity contribution in [2.24, 2.45) is 0 Å². The smallest absolute Gasteiger partial charge is 0.253 e. The van der Waals surface area contributed by atoms with Crippen molar-refractivity contribution in [2.75, 3.05) is 0 Å². The van der Waals surface area contributed by atoms with Crippen LogP contribution in [0.25, 0.3) is 0 Å². The Bertz CT molecular complexity index is 287. The highest BCUT2D eigenvalue weighted by Gasteiger charge is 2.18. The molecule has 0 saturated carbocycles. The molecule has 4 nitrogen and oxygen atoms in total. The van der Waals surface area contributed by atoms with Crippen molar-refractivity contribution in [2.45, 2.75) is 103 Å². The molecule has 1 aliphatic rings. The van der Waals surface area contributed by atoms with E-state index in [0.717, 1.165) is 38.5 Å². The van der Waals surface area contributed by atoms with Crippen LogP contribution < -0.4 is 0 Å². The molecule has 0 radical (unpaired) electrons. The molecule has 1 heterocycles. The van der Waals surface area contributed by atoms with E-state index >= 15 is 0 Å². The van der Waals surface area contributed by atoms with E-state index in [1.54, 1.807) is 0 Å². The predicted octanol–water partition coefficient (Wildman–Crippen LogP) is 4.99. The summed E-state index contributed by atoms with van der Waals surface area (Å²) in [6.07, 6.45) is 16.8. The third-order valence-corrected chi connectivity index (χ3v) is 4.50. The van der Waals surface area contributed by atoms with Crippen LogP contribution in [0.4, 0.5) is 0 Å². The van der Waals surface area contributed by atoms with Gasteiger partial charge in [-0.1, -0.05) is 77.0 Å². The highest BCUT2D eigenvalue weighted by molar-refractivity contribution is 5.93. The largest absolute Gasteiger partial charge is 0.279 e. The first kappa shape index (κ1) is 19.1. The Morgan fingerprint density at radius 2 is 0.727 bits per heavy atom. The molecule has 0 aromatic heterocycles. The molecule has 22 heavy (non-hydrogen) atoms. The zero-order valence-electron chi connectivity index (χ0n) is 14.0. The highest BCUT2D eigenvalue weighted by atomic mass is 16.5. The molecule has 1 N–H and O–H groups in total. The third-order valence-electron chi connectivity index (χ3n) is 4.50. The van der Waals surface area contributed by atoms with Crippen molar-refractivity contribution in [1.82, 2.24) is 5.06 Å². The summed E-state index contributed by atoms with van der Waals surface area (Å²) in [5, 5.41) is 9.97. The number of amides is 2. The molecule has 0 unspecified atom stereocenters. The molecule has 4 heteroatoms. The third kappa shape index (κ3) is 9.19. The summed E-state index contributed by atoms with van der Waals surface area (Å²) in [5.74, 6) is -0.883. The first-order valence-electron chi connectivity index (χ1n) is 9.26. The first-order chi connectivity index (χ1) is 10.7. The molecule has 0 bridgehead atoms. The SMILES string of the molecule is O=C1CCCCCCCCCCCCCCCCC(=O)N1O. The van der Waals surface area contributed by atoms with Crippen LogP contribution in [0.3, 0.4) is 0 Å². The lowest BCUT2D eigenvalue weighted by atomic mass is 10.0. The van der Waals surface area contributed by atoms with Crippen molar-refractivity contribution in [3.05, 3.63) is 0 Å². The Balaban J connectivity index is 2.31. The van der Waals surface area contributed by atoms with Crippen LogP contribution in [0.2, 0.25) is 0 Å². The van der Waals surface area contributed by atoms with Gasteiger partial charge in [0.25, 0.3) is 11.8 Å². The van der Waals surface area contributed by atoms with Crippen LogP contribution in [0.1, 0.15) is 103 Å². The maximum absolute atomic E-state index is 11.7. The monoisotopic (exact) mass is 311 g/mol. The van der Waals surface area contributed by atoms with Crippen LogP contribution in [-0.2, 0) is 9.59 Å². The normalized spacial score (nSPS) is 22.7. The summed E-state index contributed by atoms with van der Waals surface area (Å²) >= 11 is 0. The van der Waals surface area contributed by atoms with E-state index in [-0.39, 0.29) is 12.8 Å². The lowest BCUT2D eigenvalue weighted by Gasteiger charge is -2.13. The van der Waals surface area contributed by atoms with Gasteiger partial charge in [-0.15, -0.1) is 0 Å². The molecular formula is C18H33NO3. The van der Waals surface area contributed by atoms with E-state index in [2.05, 4.69) is 0 Å². The number of nitrogens with zero attached hydrogens (tertiary/aromatic N) is 1. The second-order valence-electron chi connectivity index (χ2n) is 6.55. The fraction of sp³-hybridized carbons (Fsp3) is 0.889. The van der Waals surface area contributed by atoms with Crippen molar-refractivity contribution < 1.29 is 14.8 Å². The molecule has 1 saturated heterocycles. The number of imide groups is 1. The summed E-state index contributed by atoms with van der Waals surface area (Å²) < 4.78 is 0. The molecule has 128 valence electrons. The van der Waals surface area contributed by atoms with E-state index in [9.17, 15) is 14.8 Å². The highest BCUT2D eigenvalue weighted by Crippen LogP contribution is 2.15. The van der Waals surface area contributed by atoms with E-state index in [1.165, 1.54) is 51.4 Å². The quantitative estimate of drug-likeness (QED) is 0.506. The average Bonchev–Trinajstić information content (AvgIpc) is 2.52. The van der Waals surface area contributed by atoms with Crippen molar-refractivity contribution in [1.29, 1.82) is 0 Å². The van der Waals surface area contributed by atoms with Gasteiger partial charge in [0, 0.05) is 12.8 Å². The number of hydrogen-bond acceptors (Lipinski definition) is 3. The van der Waals surface area contributed by atoms with E-state index in [1.807, 2.05) is 0 Å². The van der Waals surface area contributed by atoms with Crippen molar-refractivity contribution in [3.63, 3.8) is 0 Å². The molecule has 0 aromatic carbocycles. The molecule has 2 amide bonds. The fourth-order valence-corrected chi connectivity index (χ4v) is 3.02. The summed E-state index contributed by atoms with van der Waals surface area (Å²) in [7, 11) is 0. The van der Waals surface area contributed by atoms with Gasteiger partial charge in [-0.3, -0.25) is 14.8 Å². The van der Waals surface area contributed by atoms with Gasteiger partial charge in [-0.2, -0.15) is 5.06 Å². The van der Waals surface area contributed by atoms with Crippen LogP contribution in [0.15, 0.2) is 0 Å². The Kier molecular flexibility index (Phi) is 11.0. The minimum Gasteiger partial charge on any atom is -0.279 e. The Hall–Kier alpha value is -0.900. The van der Waals surface area contributed by atoms with Gasteiger partial charge in [-0.05, 0) is 12.8 Å². The Morgan fingerprint density at radius 1 is 0.500 bits per heavy atom. The van der Waals surface area contributed by atoms with Gasteiger partial charge >= 0.3 is 0 Å².